The first-order valence-electron chi connectivity index (χ1n) is 21.8. The lowest BCUT2D eigenvalue weighted by atomic mass is 9.75. The highest BCUT2D eigenvalue weighted by atomic mass is 19.1. The number of hydrogen-bond donors (Lipinski definition) is 2. The molecular weight excluding hydrogens is 732 g/mol. The molecule has 318 valence electrons. The summed E-state index contributed by atoms with van der Waals surface area (Å²) in [5.74, 6) is 1.02. The van der Waals surface area contributed by atoms with Gasteiger partial charge in [-0.05, 0) is 142 Å². The number of carbonyl (C=O) groups is 2. The van der Waals surface area contributed by atoms with Crippen LogP contribution in [0.1, 0.15) is 134 Å². The number of hydrogen-bond acceptors (Lipinski definition) is 7. The van der Waals surface area contributed by atoms with Crippen molar-refractivity contribution in [2.24, 2.45) is 17.3 Å². The molecule has 8 heteroatoms. The molecule has 2 aromatic rings. The van der Waals surface area contributed by atoms with E-state index >= 15 is 4.39 Å². The van der Waals surface area contributed by atoms with Crippen LogP contribution in [0.5, 0.6) is 5.75 Å². The largest absolute Gasteiger partial charge is 0.493 e. The van der Waals surface area contributed by atoms with Gasteiger partial charge >= 0.3 is 11.9 Å². The molecule has 58 heavy (non-hydrogen) atoms. The molecule has 0 amide bonds. The first kappa shape index (κ1) is 46.7. The third kappa shape index (κ3) is 13.5. The van der Waals surface area contributed by atoms with Gasteiger partial charge in [0, 0.05) is 28.0 Å². The van der Waals surface area contributed by atoms with E-state index in [2.05, 4.69) is 38.3 Å². The molecule has 0 aromatic heterocycles. The van der Waals surface area contributed by atoms with E-state index in [4.69, 9.17) is 14.2 Å². The van der Waals surface area contributed by atoms with Crippen molar-refractivity contribution in [3.05, 3.63) is 101 Å². The lowest BCUT2D eigenvalue weighted by Crippen LogP contribution is -2.31. The molecule has 1 unspecified atom stereocenters. The summed E-state index contributed by atoms with van der Waals surface area (Å²) in [6.07, 6.45) is 21.2. The number of aryl methyl sites for hydroxylation is 2. The quantitative estimate of drug-likeness (QED) is 0.0619. The van der Waals surface area contributed by atoms with Crippen molar-refractivity contribution < 1.29 is 38.4 Å². The van der Waals surface area contributed by atoms with Gasteiger partial charge in [-0.1, -0.05) is 83.0 Å². The molecule has 2 aliphatic carbocycles. The van der Waals surface area contributed by atoms with Crippen molar-refractivity contribution in [1.82, 2.24) is 0 Å². The molecule has 1 saturated carbocycles. The Kier molecular flexibility index (Phi) is 19.0. The smallest absolute Gasteiger partial charge is 0.333 e. The fourth-order valence-corrected chi connectivity index (χ4v) is 8.20. The van der Waals surface area contributed by atoms with E-state index in [1.54, 1.807) is 19.9 Å². The minimum absolute atomic E-state index is 0.108. The molecule has 0 aliphatic heterocycles. The van der Waals surface area contributed by atoms with Crippen LogP contribution in [0.4, 0.5) is 4.39 Å². The number of ether oxygens (including phenoxy) is 3. The summed E-state index contributed by atoms with van der Waals surface area (Å²) in [6, 6.07) is 9.44. The normalized spacial score (nSPS) is 18.1. The van der Waals surface area contributed by atoms with Crippen molar-refractivity contribution in [2.75, 3.05) is 33.0 Å². The molecule has 4 rings (SSSR count). The molecule has 1 atom stereocenters. The van der Waals surface area contributed by atoms with Gasteiger partial charge in [-0.15, -0.1) is 0 Å². The summed E-state index contributed by atoms with van der Waals surface area (Å²) in [5.41, 5.74) is 5.15. The zero-order valence-corrected chi connectivity index (χ0v) is 35.7. The summed E-state index contributed by atoms with van der Waals surface area (Å²) >= 11 is 0. The summed E-state index contributed by atoms with van der Waals surface area (Å²) in [7, 11) is 0. The third-order valence-electron chi connectivity index (χ3n) is 12.3. The molecule has 0 saturated heterocycles. The van der Waals surface area contributed by atoms with Gasteiger partial charge in [0.2, 0.25) is 0 Å². The van der Waals surface area contributed by atoms with Crippen LogP contribution in [-0.4, -0.2) is 55.2 Å². The minimum atomic E-state index is -0.684. The molecule has 2 N–H and O–H groups in total. The number of benzene rings is 2. The number of unbranched alkanes of at least 4 members (excludes halogenated alkanes) is 2. The van der Waals surface area contributed by atoms with Crippen LogP contribution in [0.25, 0.3) is 11.1 Å². The monoisotopic (exact) mass is 801 g/mol. The Morgan fingerprint density at radius 1 is 0.845 bits per heavy atom. The zero-order chi connectivity index (χ0) is 42.1. The van der Waals surface area contributed by atoms with Crippen LogP contribution in [0.15, 0.2) is 78.4 Å². The van der Waals surface area contributed by atoms with Crippen LogP contribution in [0, 0.1) is 23.1 Å². The van der Waals surface area contributed by atoms with Gasteiger partial charge in [-0.2, -0.15) is 0 Å². The van der Waals surface area contributed by atoms with E-state index in [-0.39, 0.29) is 44.8 Å². The Morgan fingerprint density at radius 3 is 1.97 bits per heavy atom. The van der Waals surface area contributed by atoms with Crippen LogP contribution >= 0.6 is 0 Å². The molecule has 0 heterocycles. The Morgan fingerprint density at radius 2 is 1.47 bits per heavy atom. The average Bonchev–Trinajstić information content (AvgIpc) is 3.23. The number of esters is 2. The van der Waals surface area contributed by atoms with Gasteiger partial charge in [0.25, 0.3) is 0 Å². The van der Waals surface area contributed by atoms with Crippen molar-refractivity contribution >= 4 is 11.9 Å². The van der Waals surface area contributed by atoms with E-state index in [0.29, 0.717) is 72.5 Å². The van der Waals surface area contributed by atoms with Crippen molar-refractivity contribution in [1.29, 1.82) is 0 Å². The van der Waals surface area contributed by atoms with Gasteiger partial charge in [0.05, 0.1) is 33.0 Å². The highest BCUT2D eigenvalue weighted by molar-refractivity contribution is 5.87. The minimum Gasteiger partial charge on any atom is -0.493 e. The third-order valence-corrected chi connectivity index (χ3v) is 12.3. The molecule has 7 nitrogen and oxygen atoms in total. The van der Waals surface area contributed by atoms with E-state index in [1.165, 1.54) is 56.9 Å². The fourth-order valence-electron chi connectivity index (χ4n) is 8.20. The lowest BCUT2D eigenvalue weighted by molar-refractivity contribution is -0.139. The van der Waals surface area contributed by atoms with Crippen molar-refractivity contribution in [3.63, 3.8) is 0 Å². The second-order valence-corrected chi connectivity index (χ2v) is 16.8. The van der Waals surface area contributed by atoms with E-state index in [9.17, 15) is 19.8 Å². The van der Waals surface area contributed by atoms with Crippen LogP contribution in [0.2, 0.25) is 0 Å². The number of carbonyl (C=O) groups excluding carboxylic acids is 2. The van der Waals surface area contributed by atoms with Crippen LogP contribution in [0.3, 0.4) is 0 Å². The maximum Gasteiger partial charge on any atom is 0.333 e. The number of aliphatic hydroxyl groups is 2. The van der Waals surface area contributed by atoms with Crippen LogP contribution < -0.4 is 4.74 Å². The van der Waals surface area contributed by atoms with Crippen molar-refractivity contribution in [3.8, 4) is 16.9 Å². The number of allylic oxidation sites excluding steroid dienone is 4. The molecule has 0 spiro atoms. The van der Waals surface area contributed by atoms with Crippen LogP contribution in [-0.2, 0) is 31.9 Å². The first-order chi connectivity index (χ1) is 27.9. The second kappa shape index (κ2) is 23.5. The SMILES string of the molecule is C=C(C)C(=O)OCCCc1cc(-c2ccc(C3C=CC(C4CCC(CCCCC)CC4)=CC3)cc2F)cc(CCCOC(=O)C(=C)C)c1OCCC(CC)(CO)CO. The number of aliphatic hydroxyl groups excluding tert-OH is 2. The van der Waals surface area contributed by atoms with E-state index in [0.717, 1.165) is 29.0 Å². The topological polar surface area (TPSA) is 102 Å². The summed E-state index contributed by atoms with van der Waals surface area (Å²) < 4.78 is 33.6. The van der Waals surface area contributed by atoms with Gasteiger partial charge in [0.1, 0.15) is 11.6 Å². The van der Waals surface area contributed by atoms with Crippen molar-refractivity contribution in [2.45, 2.75) is 130 Å². The second-order valence-electron chi connectivity index (χ2n) is 16.8. The molecule has 2 aromatic carbocycles. The standard InChI is InChI=1S/C50H69FO7/c1-7-9-10-13-37-16-18-38(19-17-37)39-20-22-40(23-21-39)41-24-25-45(46(51)32-41)44-30-42(14-11-27-57-48(54)35(3)4)47(56-29-26-50(8-2,33-52)34-53)43(31-44)15-12-28-58-49(55)36(5)6/h20-22,24-25,30-32,37-38,40,52-53H,3,5,7-19,23,26-29,33-34H2,1-2,4,6H3. The lowest BCUT2D eigenvalue weighted by Gasteiger charge is -2.31. The summed E-state index contributed by atoms with van der Waals surface area (Å²) in [5, 5.41) is 20.2. The van der Waals surface area contributed by atoms with Gasteiger partial charge < -0.3 is 24.4 Å². The first-order valence-corrected chi connectivity index (χ1v) is 21.8. The maximum absolute atomic E-state index is 16.3. The Balaban J connectivity index is 1.57. The molecule has 0 bridgehead atoms. The van der Waals surface area contributed by atoms with E-state index in [1.807, 2.05) is 31.2 Å². The van der Waals surface area contributed by atoms with Gasteiger partial charge in [-0.25, -0.2) is 14.0 Å². The fraction of sp³-hybridized carbons (Fsp3) is 0.560. The predicted octanol–water partition coefficient (Wildman–Crippen LogP) is 11.1. The maximum atomic E-state index is 16.3. The zero-order valence-electron chi connectivity index (χ0n) is 35.7. The summed E-state index contributed by atoms with van der Waals surface area (Å²) in [4.78, 5) is 24.2. The average molecular weight is 801 g/mol. The van der Waals surface area contributed by atoms with E-state index < -0.39 is 17.4 Å². The highest BCUT2D eigenvalue weighted by Gasteiger charge is 2.28. The van der Waals surface area contributed by atoms with Gasteiger partial charge in [0.15, 0.2) is 0 Å². The molecule has 2 aliphatic rings. The molecule has 0 radical (unpaired) electrons. The predicted molar refractivity (Wildman–Crippen MR) is 231 cm³/mol. The molecule has 1 fully saturated rings. The Hall–Kier alpha value is -4.01. The number of halogens is 1. The highest BCUT2D eigenvalue weighted by Crippen LogP contribution is 2.40. The Bertz CT molecular complexity index is 1680. The Labute approximate surface area is 347 Å². The molecular formula is C50H69FO7. The summed E-state index contributed by atoms with van der Waals surface area (Å²) in [6.45, 7) is 15.0. The number of rotatable bonds is 24. The van der Waals surface area contributed by atoms with Gasteiger partial charge in [-0.3, -0.25) is 0 Å².